The largest absolute Gasteiger partial charge is 0.269 e. The van der Waals surface area contributed by atoms with Crippen molar-refractivity contribution in [2.45, 2.75) is 25.7 Å². The van der Waals surface area contributed by atoms with Crippen LogP contribution in [0.4, 0.5) is 11.4 Å². The first kappa shape index (κ1) is 18.7. The van der Waals surface area contributed by atoms with E-state index in [9.17, 15) is 18.5 Å². The van der Waals surface area contributed by atoms with Crippen LogP contribution in [0.3, 0.4) is 0 Å². The van der Waals surface area contributed by atoms with Crippen molar-refractivity contribution >= 4 is 21.4 Å². The fourth-order valence-corrected chi connectivity index (χ4v) is 4.42. The zero-order valence-corrected chi connectivity index (χ0v) is 15.2. The molecule has 0 fully saturated rings. The standard InChI is InChI=1S/C18H20N2O4S/c1-5-10-19(18-14(3)11-13(2)12-15(18)4)25(23,24)17-8-6-16(7-9-17)20(21)22/h5-9,11-12H,1,10H2,2-4H3. The number of nitro groups is 1. The maximum atomic E-state index is 13.1. The number of rotatable bonds is 6. The SMILES string of the molecule is C=CCN(c1c(C)cc(C)cc1C)S(=O)(=O)c1ccc([N+](=O)[O-])cc1. The minimum atomic E-state index is -3.88. The maximum absolute atomic E-state index is 13.1. The van der Waals surface area contributed by atoms with Crippen LogP contribution in [0.1, 0.15) is 16.7 Å². The molecule has 7 heteroatoms. The molecule has 0 spiro atoms. The lowest BCUT2D eigenvalue weighted by atomic mass is 10.1. The number of anilines is 1. The van der Waals surface area contributed by atoms with Crippen LogP contribution < -0.4 is 4.31 Å². The Balaban J connectivity index is 2.59. The molecule has 0 heterocycles. The summed E-state index contributed by atoms with van der Waals surface area (Å²) in [5, 5.41) is 10.8. The molecule has 0 saturated carbocycles. The molecule has 0 bridgehead atoms. The summed E-state index contributed by atoms with van der Waals surface area (Å²) in [5.74, 6) is 0. The summed E-state index contributed by atoms with van der Waals surface area (Å²) in [6.07, 6.45) is 1.52. The van der Waals surface area contributed by atoms with E-state index >= 15 is 0 Å². The van der Waals surface area contributed by atoms with Crippen LogP contribution in [-0.4, -0.2) is 19.9 Å². The molecule has 2 rings (SSSR count). The number of benzene rings is 2. The van der Waals surface area contributed by atoms with Crippen molar-refractivity contribution in [3.05, 3.63) is 75.9 Å². The van der Waals surface area contributed by atoms with Crippen molar-refractivity contribution in [3.8, 4) is 0 Å². The van der Waals surface area contributed by atoms with Crippen molar-refractivity contribution < 1.29 is 13.3 Å². The highest BCUT2D eigenvalue weighted by Gasteiger charge is 2.27. The summed E-state index contributed by atoms with van der Waals surface area (Å²) < 4.78 is 27.5. The lowest BCUT2D eigenvalue weighted by Gasteiger charge is -2.27. The second kappa shape index (κ2) is 7.06. The molecule has 2 aromatic rings. The predicted molar refractivity (Wildman–Crippen MR) is 98.5 cm³/mol. The van der Waals surface area contributed by atoms with Gasteiger partial charge in [0.05, 0.1) is 22.1 Å². The van der Waals surface area contributed by atoms with Crippen molar-refractivity contribution in [1.82, 2.24) is 0 Å². The van der Waals surface area contributed by atoms with Crippen LogP contribution >= 0.6 is 0 Å². The lowest BCUT2D eigenvalue weighted by Crippen LogP contribution is -2.32. The Morgan fingerprint density at radius 3 is 2.08 bits per heavy atom. The fourth-order valence-electron chi connectivity index (χ4n) is 2.86. The minimum absolute atomic E-state index is 0.000625. The van der Waals surface area contributed by atoms with E-state index in [-0.39, 0.29) is 17.1 Å². The van der Waals surface area contributed by atoms with E-state index in [2.05, 4.69) is 6.58 Å². The molecule has 0 aromatic heterocycles. The first-order valence-corrected chi connectivity index (χ1v) is 9.08. The van der Waals surface area contributed by atoms with E-state index in [4.69, 9.17) is 0 Å². The van der Waals surface area contributed by atoms with Crippen LogP contribution in [0.5, 0.6) is 0 Å². The van der Waals surface area contributed by atoms with E-state index < -0.39 is 14.9 Å². The van der Waals surface area contributed by atoms with Crippen molar-refractivity contribution in [2.24, 2.45) is 0 Å². The number of aryl methyl sites for hydroxylation is 3. The summed E-state index contributed by atoms with van der Waals surface area (Å²) in [6.45, 7) is 9.42. The van der Waals surface area contributed by atoms with Gasteiger partial charge in [0, 0.05) is 12.1 Å². The van der Waals surface area contributed by atoms with Gasteiger partial charge in [-0.3, -0.25) is 14.4 Å². The molecule has 2 aromatic carbocycles. The molecule has 132 valence electrons. The van der Waals surface area contributed by atoms with E-state index in [0.29, 0.717) is 5.69 Å². The predicted octanol–water partition coefficient (Wildman–Crippen LogP) is 3.90. The molecule has 0 aliphatic heterocycles. The topological polar surface area (TPSA) is 80.5 Å². The highest BCUT2D eigenvalue weighted by molar-refractivity contribution is 7.92. The van der Waals surface area contributed by atoms with Crippen LogP contribution in [0.25, 0.3) is 0 Å². The van der Waals surface area contributed by atoms with Crippen LogP contribution in [-0.2, 0) is 10.0 Å². The monoisotopic (exact) mass is 360 g/mol. The number of hydrogen-bond donors (Lipinski definition) is 0. The minimum Gasteiger partial charge on any atom is -0.262 e. The molecular weight excluding hydrogens is 340 g/mol. The molecule has 25 heavy (non-hydrogen) atoms. The summed E-state index contributed by atoms with van der Waals surface area (Å²) in [7, 11) is -3.88. The Hall–Kier alpha value is -2.67. The third-order valence-electron chi connectivity index (χ3n) is 3.82. The Kier molecular flexibility index (Phi) is 5.27. The Bertz CT molecular complexity index is 896. The Labute approximate surface area is 147 Å². The molecule has 0 saturated heterocycles. The van der Waals surface area contributed by atoms with E-state index in [1.165, 1.54) is 34.6 Å². The van der Waals surface area contributed by atoms with Crippen molar-refractivity contribution in [2.75, 3.05) is 10.8 Å². The molecule has 0 radical (unpaired) electrons. The van der Waals surface area contributed by atoms with Crippen LogP contribution in [0.2, 0.25) is 0 Å². The average Bonchev–Trinajstić information content (AvgIpc) is 2.53. The second-order valence-electron chi connectivity index (χ2n) is 5.82. The number of nitro benzene ring substituents is 1. The molecule has 0 unspecified atom stereocenters. The van der Waals surface area contributed by atoms with Gasteiger partial charge >= 0.3 is 0 Å². The summed E-state index contributed by atoms with van der Waals surface area (Å²) in [5.41, 5.74) is 3.17. The van der Waals surface area contributed by atoms with Gasteiger partial charge in [0.1, 0.15) is 0 Å². The number of hydrogen-bond acceptors (Lipinski definition) is 4. The highest BCUT2D eigenvalue weighted by Crippen LogP contribution is 2.31. The zero-order valence-electron chi connectivity index (χ0n) is 14.4. The third-order valence-corrected chi connectivity index (χ3v) is 5.60. The molecule has 0 N–H and O–H groups in total. The molecule has 0 aliphatic carbocycles. The first-order valence-electron chi connectivity index (χ1n) is 7.64. The maximum Gasteiger partial charge on any atom is 0.269 e. The molecule has 0 amide bonds. The van der Waals surface area contributed by atoms with Gasteiger partial charge in [-0.05, 0) is 44.0 Å². The molecule has 0 aliphatic rings. The normalized spacial score (nSPS) is 11.2. The number of nitrogens with zero attached hydrogens (tertiary/aromatic N) is 2. The Morgan fingerprint density at radius 1 is 1.12 bits per heavy atom. The molecule has 6 nitrogen and oxygen atoms in total. The lowest BCUT2D eigenvalue weighted by molar-refractivity contribution is -0.384. The van der Waals surface area contributed by atoms with E-state index in [1.54, 1.807) is 0 Å². The quantitative estimate of drug-likeness (QED) is 0.444. The summed E-state index contributed by atoms with van der Waals surface area (Å²) in [4.78, 5) is 10.2. The van der Waals surface area contributed by atoms with Crippen LogP contribution in [0, 0.1) is 30.9 Å². The van der Waals surface area contributed by atoms with Crippen molar-refractivity contribution in [3.63, 3.8) is 0 Å². The average molecular weight is 360 g/mol. The van der Waals surface area contributed by atoms with Gasteiger partial charge < -0.3 is 0 Å². The fraction of sp³-hybridized carbons (Fsp3) is 0.222. The second-order valence-corrected chi connectivity index (χ2v) is 7.69. The number of non-ortho nitro benzene ring substituents is 1. The van der Waals surface area contributed by atoms with E-state index in [1.807, 2.05) is 32.9 Å². The van der Waals surface area contributed by atoms with E-state index in [0.717, 1.165) is 16.7 Å². The summed E-state index contributed by atoms with van der Waals surface area (Å²) >= 11 is 0. The van der Waals surface area contributed by atoms with Gasteiger partial charge in [-0.2, -0.15) is 0 Å². The van der Waals surface area contributed by atoms with Gasteiger partial charge in [0.25, 0.3) is 15.7 Å². The summed E-state index contributed by atoms with van der Waals surface area (Å²) in [6, 6.07) is 8.72. The van der Waals surface area contributed by atoms with Gasteiger partial charge in [-0.1, -0.05) is 23.8 Å². The van der Waals surface area contributed by atoms with Crippen LogP contribution in [0.15, 0.2) is 53.9 Å². The Morgan fingerprint density at radius 2 is 1.64 bits per heavy atom. The zero-order chi connectivity index (χ0) is 18.8. The first-order chi connectivity index (χ1) is 11.7. The molecule has 0 atom stereocenters. The smallest absolute Gasteiger partial charge is 0.262 e. The molecular formula is C18H20N2O4S. The third kappa shape index (κ3) is 3.71. The van der Waals surface area contributed by atoms with Crippen molar-refractivity contribution in [1.29, 1.82) is 0 Å². The van der Waals surface area contributed by atoms with Gasteiger partial charge in [-0.25, -0.2) is 8.42 Å². The number of sulfonamides is 1. The van der Waals surface area contributed by atoms with Gasteiger partial charge in [0.15, 0.2) is 0 Å². The highest BCUT2D eigenvalue weighted by atomic mass is 32.2. The van der Waals surface area contributed by atoms with Gasteiger partial charge in [-0.15, -0.1) is 6.58 Å². The van der Waals surface area contributed by atoms with Gasteiger partial charge in [0.2, 0.25) is 0 Å².